The summed E-state index contributed by atoms with van der Waals surface area (Å²) in [4.78, 5) is 7.26. The fraction of sp³-hybridized carbons (Fsp3) is 0.950. The lowest BCUT2D eigenvalue weighted by molar-refractivity contribution is 0.173. The number of hydrogen-bond donors (Lipinski definition) is 3. The molecule has 0 amide bonds. The summed E-state index contributed by atoms with van der Waals surface area (Å²) < 4.78 is 0. The van der Waals surface area contributed by atoms with E-state index in [2.05, 4.69) is 64.0 Å². The van der Waals surface area contributed by atoms with E-state index in [1.807, 2.05) is 0 Å². The first-order valence-electron chi connectivity index (χ1n) is 10.2. The molecular formula is C20H44N4O. The van der Waals surface area contributed by atoms with Crippen LogP contribution in [-0.4, -0.2) is 60.8 Å². The van der Waals surface area contributed by atoms with Crippen molar-refractivity contribution in [1.29, 1.82) is 0 Å². The Kier molecular flexibility index (Phi) is 13.9. The summed E-state index contributed by atoms with van der Waals surface area (Å²) in [5.74, 6) is 1.99. The van der Waals surface area contributed by atoms with Gasteiger partial charge in [-0.15, -0.1) is 0 Å². The lowest BCUT2D eigenvalue weighted by Crippen LogP contribution is -2.41. The van der Waals surface area contributed by atoms with Crippen LogP contribution < -0.4 is 10.6 Å². The van der Waals surface area contributed by atoms with Crippen LogP contribution in [0.3, 0.4) is 0 Å². The SMILES string of the molecule is CCNC(=NCC(CCO)CC(C)C)NCCCN(C(C)C)C(C)C. The van der Waals surface area contributed by atoms with Crippen LogP contribution in [0.2, 0.25) is 0 Å². The topological polar surface area (TPSA) is 59.9 Å². The molecule has 0 fully saturated rings. The standard InChI is InChI=1S/C20H44N4O/c1-8-21-20(23-15-19(10-13-25)14-16(2)3)22-11-9-12-24(17(4)5)18(6)7/h16-19,25H,8-15H2,1-7H3,(H2,21,22,23). The molecule has 0 saturated heterocycles. The lowest BCUT2D eigenvalue weighted by Gasteiger charge is -2.30. The number of rotatable bonds is 13. The van der Waals surface area contributed by atoms with Gasteiger partial charge in [0, 0.05) is 44.9 Å². The normalized spacial score (nSPS) is 14.0. The number of nitrogens with zero attached hydrogens (tertiary/aromatic N) is 2. The smallest absolute Gasteiger partial charge is 0.191 e. The zero-order valence-electron chi connectivity index (χ0n) is 17.8. The van der Waals surface area contributed by atoms with Crippen molar-refractivity contribution in [2.24, 2.45) is 16.8 Å². The third kappa shape index (κ3) is 12.2. The minimum atomic E-state index is 0.247. The number of nitrogens with one attached hydrogen (secondary N) is 2. The second kappa shape index (κ2) is 14.4. The van der Waals surface area contributed by atoms with E-state index in [0.717, 1.165) is 51.4 Å². The highest BCUT2D eigenvalue weighted by Crippen LogP contribution is 2.15. The molecule has 0 heterocycles. The summed E-state index contributed by atoms with van der Waals surface area (Å²) >= 11 is 0. The molecule has 25 heavy (non-hydrogen) atoms. The molecule has 0 aliphatic carbocycles. The van der Waals surface area contributed by atoms with Crippen LogP contribution in [0.5, 0.6) is 0 Å². The minimum absolute atomic E-state index is 0.247. The summed E-state index contributed by atoms with van der Waals surface area (Å²) in [7, 11) is 0. The Balaban J connectivity index is 4.43. The molecule has 5 heteroatoms. The predicted molar refractivity (Wildman–Crippen MR) is 110 cm³/mol. The molecule has 0 aromatic carbocycles. The van der Waals surface area contributed by atoms with Crippen molar-refractivity contribution in [1.82, 2.24) is 15.5 Å². The van der Waals surface area contributed by atoms with Gasteiger partial charge in [-0.05, 0) is 65.7 Å². The highest BCUT2D eigenvalue weighted by atomic mass is 16.3. The summed E-state index contributed by atoms with van der Waals surface area (Å²) in [6.45, 7) is 19.5. The van der Waals surface area contributed by atoms with Crippen molar-refractivity contribution < 1.29 is 5.11 Å². The third-order valence-electron chi connectivity index (χ3n) is 4.41. The van der Waals surface area contributed by atoms with Crippen molar-refractivity contribution in [3.63, 3.8) is 0 Å². The van der Waals surface area contributed by atoms with Crippen LogP contribution in [-0.2, 0) is 0 Å². The van der Waals surface area contributed by atoms with Crippen molar-refractivity contribution in [3.05, 3.63) is 0 Å². The Labute approximate surface area is 156 Å². The molecule has 0 radical (unpaired) electrons. The highest BCUT2D eigenvalue weighted by Gasteiger charge is 2.13. The van der Waals surface area contributed by atoms with Gasteiger partial charge < -0.3 is 15.7 Å². The molecule has 1 unspecified atom stereocenters. The quantitative estimate of drug-likeness (QED) is 0.270. The fourth-order valence-corrected chi connectivity index (χ4v) is 3.28. The molecule has 0 aliphatic heterocycles. The maximum absolute atomic E-state index is 9.25. The van der Waals surface area contributed by atoms with Gasteiger partial charge in [-0.2, -0.15) is 0 Å². The number of hydrogen-bond acceptors (Lipinski definition) is 3. The van der Waals surface area contributed by atoms with Crippen LogP contribution >= 0.6 is 0 Å². The third-order valence-corrected chi connectivity index (χ3v) is 4.41. The summed E-state index contributed by atoms with van der Waals surface area (Å²) in [5.41, 5.74) is 0. The van der Waals surface area contributed by atoms with Crippen LogP contribution in [0, 0.1) is 11.8 Å². The van der Waals surface area contributed by atoms with E-state index >= 15 is 0 Å². The van der Waals surface area contributed by atoms with E-state index in [-0.39, 0.29) is 6.61 Å². The lowest BCUT2D eigenvalue weighted by atomic mass is 9.94. The maximum atomic E-state index is 9.25. The Morgan fingerprint density at radius 2 is 1.68 bits per heavy atom. The van der Waals surface area contributed by atoms with Crippen LogP contribution in [0.4, 0.5) is 0 Å². The Morgan fingerprint density at radius 3 is 2.16 bits per heavy atom. The molecule has 150 valence electrons. The van der Waals surface area contributed by atoms with Crippen LogP contribution in [0.1, 0.15) is 67.7 Å². The highest BCUT2D eigenvalue weighted by molar-refractivity contribution is 5.79. The van der Waals surface area contributed by atoms with E-state index in [1.165, 1.54) is 0 Å². The Morgan fingerprint density at radius 1 is 1.04 bits per heavy atom. The Bertz CT molecular complexity index is 335. The number of aliphatic imine (C=N–C) groups is 1. The van der Waals surface area contributed by atoms with Gasteiger partial charge in [-0.25, -0.2) is 0 Å². The summed E-state index contributed by atoms with van der Waals surface area (Å²) in [6, 6.07) is 1.16. The molecule has 5 nitrogen and oxygen atoms in total. The molecule has 0 rings (SSSR count). The first kappa shape index (κ1) is 24.2. The number of aliphatic hydroxyl groups is 1. The second-order valence-corrected chi connectivity index (χ2v) is 7.93. The van der Waals surface area contributed by atoms with Crippen molar-refractivity contribution in [2.45, 2.75) is 79.8 Å². The number of guanidine groups is 1. The average Bonchev–Trinajstić information content (AvgIpc) is 2.50. The first-order chi connectivity index (χ1) is 11.8. The molecule has 0 saturated carbocycles. The van der Waals surface area contributed by atoms with Gasteiger partial charge in [-0.3, -0.25) is 9.89 Å². The molecule has 3 N–H and O–H groups in total. The van der Waals surface area contributed by atoms with E-state index in [4.69, 9.17) is 4.99 Å². The van der Waals surface area contributed by atoms with Gasteiger partial charge in [0.1, 0.15) is 0 Å². The van der Waals surface area contributed by atoms with Crippen molar-refractivity contribution in [3.8, 4) is 0 Å². The van der Waals surface area contributed by atoms with Gasteiger partial charge in [-0.1, -0.05) is 13.8 Å². The second-order valence-electron chi connectivity index (χ2n) is 7.93. The molecule has 0 bridgehead atoms. The molecule has 0 aliphatic rings. The largest absolute Gasteiger partial charge is 0.396 e. The van der Waals surface area contributed by atoms with E-state index in [9.17, 15) is 5.11 Å². The maximum Gasteiger partial charge on any atom is 0.191 e. The van der Waals surface area contributed by atoms with Crippen LogP contribution in [0.15, 0.2) is 4.99 Å². The van der Waals surface area contributed by atoms with E-state index in [1.54, 1.807) is 0 Å². The predicted octanol–water partition coefficient (Wildman–Crippen LogP) is 3.10. The summed E-state index contributed by atoms with van der Waals surface area (Å²) in [5, 5.41) is 16.0. The molecule has 0 aromatic rings. The van der Waals surface area contributed by atoms with Gasteiger partial charge in [0.05, 0.1) is 0 Å². The van der Waals surface area contributed by atoms with Gasteiger partial charge in [0.25, 0.3) is 0 Å². The van der Waals surface area contributed by atoms with Crippen molar-refractivity contribution >= 4 is 5.96 Å². The molecule has 0 spiro atoms. The fourth-order valence-electron chi connectivity index (χ4n) is 3.28. The summed E-state index contributed by atoms with van der Waals surface area (Å²) in [6.07, 6.45) is 3.05. The first-order valence-corrected chi connectivity index (χ1v) is 10.2. The monoisotopic (exact) mass is 356 g/mol. The minimum Gasteiger partial charge on any atom is -0.396 e. The Hall–Kier alpha value is -0.810. The molecular weight excluding hydrogens is 312 g/mol. The van der Waals surface area contributed by atoms with Gasteiger partial charge >= 0.3 is 0 Å². The average molecular weight is 357 g/mol. The molecule has 1 atom stereocenters. The molecule has 0 aromatic heterocycles. The van der Waals surface area contributed by atoms with E-state index < -0.39 is 0 Å². The van der Waals surface area contributed by atoms with E-state index in [0.29, 0.717) is 23.9 Å². The zero-order chi connectivity index (χ0) is 19.2. The van der Waals surface area contributed by atoms with Crippen LogP contribution in [0.25, 0.3) is 0 Å². The zero-order valence-corrected chi connectivity index (χ0v) is 17.8. The van der Waals surface area contributed by atoms with Gasteiger partial charge in [0.2, 0.25) is 0 Å². The van der Waals surface area contributed by atoms with Gasteiger partial charge in [0.15, 0.2) is 5.96 Å². The van der Waals surface area contributed by atoms with Crippen molar-refractivity contribution in [2.75, 3.05) is 32.8 Å². The number of aliphatic hydroxyl groups excluding tert-OH is 1.